The van der Waals surface area contributed by atoms with Crippen molar-refractivity contribution < 1.29 is 14.6 Å². The van der Waals surface area contributed by atoms with Gasteiger partial charge in [-0.3, -0.25) is 4.79 Å². The van der Waals surface area contributed by atoms with Crippen molar-refractivity contribution in [1.29, 1.82) is 0 Å². The highest BCUT2D eigenvalue weighted by Crippen LogP contribution is 2.26. The average molecular weight is 244 g/mol. The fourth-order valence-electron chi connectivity index (χ4n) is 2.29. The summed E-state index contributed by atoms with van der Waals surface area (Å²) in [5.74, 6) is -0.104. The van der Waals surface area contributed by atoms with Crippen LogP contribution < -0.4 is 11.1 Å². The average Bonchev–Trinajstić information content (AvgIpc) is 2.30. The van der Waals surface area contributed by atoms with E-state index in [9.17, 15) is 4.79 Å². The van der Waals surface area contributed by atoms with E-state index in [0.717, 1.165) is 32.1 Å². The fourth-order valence-corrected chi connectivity index (χ4v) is 2.29. The molecule has 0 aromatic rings. The number of nitrogens with two attached hydrogens (primary N) is 1. The van der Waals surface area contributed by atoms with E-state index in [4.69, 9.17) is 15.6 Å². The van der Waals surface area contributed by atoms with Gasteiger partial charge in [0.1, 0.15) is 0 Å². The molecule has 0 heterocycles. The van der Waals surface area contributed by atoms with Gasteiger partial charge in [0.05, 0.1) is 18.2 Å². The first-order valence-corrected chi connectivity index (χ1v) is 6.32. The largest absolute Gasteiger partial charge is 0.396 e. The zero-order valence-corrected chi connectivity index (χ0v) is 10.6. The monoisotopic (exact) mass is 244 g/mol. The fraction of sp³-hybridized carbons (Fsp3) is 0.917. The third-order valence-corrected chi connectivity index (χ3v) is 3.38. The summed E-state index contributed by atoms with van der Waals surface area (Å²) in [5, 5.41) is 11.8. The summed E-state index contributed by atoms with van der Waals surface area (Å²) < 4.78 is 5.01. The molecule has 0 aliphatic heterocycles. The summed E-state index contributed by atoms with van der Waals surface area (Å²) in [7, 11) is 1.58. The zero-order chi connectivity index (χ0) is 12.7. The molecule has 17 heavy (non-hydrogen) atoms. The molecule has 0 saturated heterocycles. The summed E-state index contributed by atoms with van der Waals surface area (Å²) in [6, 6.07) is -0.153. The van der Waals surface area contributed by atoms with E-state index < -0.39 is 5.54 Å². The van der Waals surface area contributed by atoms with Crippen molar-refractivity contribution in [3.8, 4) is 0 Å². The third kappa shape index (κ3) is 4.26. The van der Waals surface area contributed by atoms with Crippen LogP contribution in [-0.4, -0.2) is 42.9 Å². The molecule has 0 spiro atoms. The van der Waals surface area contributed by atoms with Crippen LogP contribution in [0.5, 0.6) is 0 Å². The number of rotatable bonds is 6. The molecular weight excluding hydrogens is 220 g/mol. The van der Waals surface area contributed by atoms with Crippen LogP contribution in [0, 0.1) is 0 Å². The second-order valence-electron chi connectivity index (χ2n) is 4.85. The van der Waals surface area contributed by atoms with Gasteiger partial charge in [0.2, 0.25) is 5.91 Å². The van der Waals surface area contributed by atoms with Crippen molar-refractivity contribution in [2.75, 3.05) is 20.3 Å². The van der Waals surface area contributed by atoms with Gasteiger partial charge in [0, 0.05) is 13.7 Å². The van der Waals surface area contributed by atoms with Gasteiger partial charge in [-0.15, -0.1) is 0 Å². The van der Waals surface area contributed by atoms with Crippen LogP contribution in [0.2, 0.25) is 0 Å². The predicted molar refractivity (Wildman–Crippen MR) is 65.5 cm³/mol. The normalized spacial score (nSPS) is 20.9. The number of aliphatic hydroxyl groups is 1. The van der Waals surface area contributed by atoms with Crippen LogP contribution in [0.1, 0.15) is 38.5 Å². The maximum Gasteiger partial charge on any atom is 0.240 e. The standard InChI is InChI=1S/C12H24N2O3/c1-17-9-10(5-8-15)14-11(16)12(13)6-3-2-4-7-12/h10,15H,2-9,13H2,1H3,(H,14,16). The number of methoxy groups -OCH3 is 1. The van der Waals surface area contributed by atoms with Crippen LogP contribution in [0.3, 0.4) is 0 Å². The van der Waals surface area contributed by atoms with E-state index in [0.29, 0.717) is 13.0 Å². The van der Waals surface area contributed by atoms with Gasteiger partial charge in [0.25, 0.3) is 0 Å². The Morgan fingerprint density at radius 1 is 1.47 bits per heavy atom. The first-order chi connectivity index (χ1) is 8.12. The Morgan fingerprint density at radius 2 is 2.12 bits per heavy atom. The highest BCUT2D eigenvalue weighted by atomic mass is 16.5. The van der Waals surface area contributed by atoms with Crippen molar-refractivity contribution in [1.82, 2.24) is 5.32 Å². The minimum Gasteiger partial charge on any atom is -0.396 e. The SMILES string of the molecule is COCC(CCO)NC(=O)C1(N)CCCCC1. The Balaban J connectivity index is 2.49. The number of ether oxygens (including phenoxy) is 1. The Hall–Kier alpha value is -0.650. The van der Waals surface area contributed by atoms with Crippen LogP contribution in [0.4, 0.5) is 0 Å². The van der Waals surface area contributed by atoms with Crippen molar-refractivity contribution in [2.24, 2.45) is 5.73 Å². The second-order valence-corrected chi connectivity index (χ2v) is 4.85. The summed E-state index contributed by atoms with van der Waals surface area (Å²) in [6.07, 6.45) is 5.17. The van der Waals surface area contributed by atoms with E-state index in [1.807, 2.05) is 0 Å². The summed E-state index contributed by atoms with van der Waals surface area (Å²) in [4.78, 5) is 12.1. The molecule has 0 bridgehead atoms. The van der Waals surface area contributed by atoms with Gasteiger partial charge in [-0.25, -0.2) is 0 Å². The van der Waals surface area contributed by atoms with E-state index in [2.05, 4.69) is 5.32 Å². The van der Waals surface area contributed by atoms with Crippen molar-refractivity contribution in [3.63, 3.8) is 0 Å². The van der Waals surface area contributed by atoms with Crippen molar-refractivity contribution in [2.45, 2.75) is 50.1 Å². The Morgan fingerprint density at radius 3 is 2.65 bits per heavy atom. The number of aliphatic hydroxyl groups excluding tert-OH is 1. The highest BCUT2D eigenvalue weighted by molar-refractivity contribution is 5.86. The lowest BCUT2D eigenvalue weighted by Crippen LogP contribution is -2.57. The lowest BCUT2D eigenvalue weighted by Gasteiger charge is -2.33. The molecule has 1 atom stereocenters. The minimum absolute atomic E-state index is 0.0336. The van der Waals surface area contributed by atoms with E-state index in [1.54, 1.807) is 7.11 Å². The smallest absolute Gasteiger partial charge is 0.240 e. The number of hydrogen-bond donors (Lipinski definition) is 3. The molecule has 1 saturated carbocycles. The quantitative estimate of drug-likeness (QED) is 0.621. The molecule has 5 nitrogen and oxygen atoms in total. The Labute approximate surface area is 103 Å². The first kappa shape index (κ1) is 14.4. The van der Waals surface area contributed by atoms with Crippen molar-refractivity contribution in [3.05, 3.63) is 0 Å². The number of carbonyl (C=O) groups is 1. The second kappa shape index (κ2) is 6.93. The molecule has 1 rings (SSSR count). The van der Waals surface area contributed by atoms with Crippen molar-refractivity contribution >= 4 is 5.91 Å². The van der Waals surface area contributed by atoms with E-state index >= 15 is 0 Å². The highest BCUT2D eigenvalue weighted by Gasteiger charge is 2.36. The van der Waals surface area contributed by atoms with Gasteiger partial charge < -0.3 is 20.9 Å². The van der Waals surface area contributed by atoms with Gasteiger partial charge in [-0.1, -0.05) is 19.3 Å². The van der Waals surface area contributed by atoms with Crippen LogP contribution in [-0.2, 0) is 9.53 Å². The van der Waals surface area contributed by atoms with E-state index in [-0.39, 0.29) is 18.6 Å². The molecule has 5 heteroatoms. The summed E-state index contributed by atoms with van der Waals surface area (Å²) in [6.45, 7) is 0.439. The van der Waals surface area contributed by atoms with Gasteiger partial charge >= 0.3 is 0 Å². The molecule has 0 radical (unpaired) electrons. The number of hydrogen-bond acceptors (Lipinski definition) is 4. The molecule has 1 amide bonds. The maximum atomic E-state index is 12.1. The van der Waals surface area contributed by atoms with Crippen LogP contribution in [0.25, 0.3) is 0 Å². The lowest BCUT2D eigenvalue weighted by molar-refractivity contribution is -0.128. The third-order valence-electron chi connectivity index (χ3n) is 3.38. The number of nitrogens with one attached hydrogen (secondary N) is 1. The summed E-state index contributed by atoms with van der Waals surface area (Å²) in [5.41, 5.74) is 5.41. The van der Waals surface area contributed by atoms with Crippen LogP contribution >= 0.6 is 0 Å². The predicted octanol–water partition coefficient (Wildman–Crippen LogP) is 0.162. The lowest BCUT2D eigenvalue weighted by atomic mass is 9.81. The number of carbonyl (C=O) groups excluding carboxylic acids is 1. The zero-order valence-electron chi connectivity index (χ0n) is 10.6. The summed E-state index contributed by atoms with van der Waals surface area (Å²) >= 11 is 0. The van der Waals surface area contributed by atoms with Gasteiger partial charge in [-0.2, -0.15) is 0 Å². The minimum atomic E-state index is -0.723. The molecule has 1 unspecified atom stereocenters. The molecule has 1 fully saturated rings. The Bertz CT molecular complexity index is 234. The molecule has 1 aliphatic carbocycles. The number of amides is 1. The van der Waals surface area contributed by atoms with E-state index in [1.165, 1.54) is 0 Å². The molecule has 1 aliphatic rings. The van der Waals surface area contributed by atoms with Crippen LogP contribution in [0.15, 0.2) is 0 Å². The first-order valence-electron chi connectivity index (χ1n) is 6.32. The molecule has 0 aromatic heterocycles. The topological polar surface area (TPSA) is 84.6 Å². The molecule has 4 N–H and O–H groups in total. The van der Waals surface area contributed by atoms with Gasteiger partial charge in [0.15, 0.2) is 0 Å². The Kier molecular flexibility index (Phi) is 5.88. The molecule has 100 valence electrons. The van der Waals surface area contributed by atoms with Gasteiger partial charge in [-0.05, 0) is 19.3 Å². The molecule has 0 aromatic carbocycles. The maximum absolute atomic E-state index is 12.1. The molecular formula is C12H24N2O3.